The lowest BCUT2D eigenvalue weighted by Gasteiger charge is -2.20. The number of carbonyl (C=O) groups is 2. The summed E-state index contributed by atoms with van der Waals surface area (Å²) in [5, 5.41) is 23.3. The second kappa shape index (κ2) is 72.6. The van der Waals surface area contributed by atoms with Crippen LogP contribution in [-0.4, -0.2) is 47.4 Å². The Morgan fingerprint density at radius 3 is 0.880 bits per heavy atom. The molecule has 0 heterocycles. The minimum Gasteiger partial charge on any atom is -0.466 e. The fourth-order valence-electron chi connectivity index (χ4n) is 11.9. The molecule has 0 aliphatic rings. The van der Waals surface area contributed by atoms with E-state index in [-0.39, 0.29) is 18.5 Å². The summed E-state index contributed by atoms with van der Waals surface area (Å²) < 4.78 is 5.48. The Hall–Kier alpha value is -1.92. The van der Waals surface area contributed by atoms with Crippen LogP contribution in [0.25, 0.3) is 0 Å². The maximum absolute atomic E-state index is 12.5. The molecule has 0 aliphatic carbocycles. The van der Waals surface area contributed by atoms with Crippen molar-refractivity contribution in [1.82, 2.24) is 5.32 Å². The quantitative estimate of drug-likeness (QED) is 0.0320. The summed E-state index contributed by atoms with van der Waals surface area (Å²) in [6.45, 7) is 4.92. The number of amides is 1. The number of esters is 1. The van der Waals surface area contributed by atoms with Crippen molar-refractivity contribution in [2.24, 2.45) is 0 Å². The van der Waals surface area contributed by atoms with Gasteiger partial charge in [0.15, 0.2) is 0 Å². The molecule has 0 bridgehead atoms. The van der Waals surface area contributed by atoms with E-state index >= 15 is 0 Å². The summed E-state index contributed by atoms with van der Waals surface area (Å²) in [5.74, 6) is -0.0520. The number of ether oxygens (including phenoxy) is 1. The number of hydrogen-bond donors (Lipinski definition) is 3. The zero-order valence-electron chi connectivity index (χ0n) is 56.2. The van der Waals surface area contributed by atoms with Crippen LogP contribution in [0.15, 0.2) is 36.5 Å². The van der Waals surface area contributed by atoms with Gasteiger partial charge in [-0.25, -0.2) is 0 Å². The van der Waals surface area contributed by atoms with Crippen LogP contribution >= 0.6 is 0 Å². The lowest BCUT2D eigenvalue weighted by molar-refractivity contribution is -0.143. The second-order valence-electron chi connectivity index (χ2n) is 26.0. The first-order valence-corrected chi connectivity index (χ1v) is 37.8. The predicted octanol–water partition coefficient (Wildman–Crippen LogP) is 24.7. The molecule has 0 radical (unpaired) electrons. The molecular formula is C77H147NO5. The van der Waals surface area contributed by atoms with Crippen molar-refractivity contribution in [3.05, 3.63) is 36.5 Å². The molecule has 0 aromatic rings. The van der Waals surface area contributed by atoms with Crippen LogP contribution in [0.2, 0.25) is 0 Å². The molecule has 0 spiro atoms. The third-order valence-electron chi connectivity index (χ3n) is 17.6. The van der Waals surface area contributed by atoms with Crippen molar-refractivity contribution in [2.75, 3.05) is 13.2 Å². The van der Waals surface area contributed by atoms with Gasteiger partial charge in [0.25, 0.3) is 0 Å². The molecule has 83 heavy (non-hydrogen) atoms. The largest absolute Gasteiger partial charge is 0.466 e. The maximum Gasteiger partial charge on any atom is 0.305 e. The lowest BCUT2D eigenvalue weighted by atomic mass is 10.0. The maximum atomic E-state index is 12.5. The van der Waals surface area contributed by atoms with Crippen molar-refractivity contribution in [3.63, 3.8) is 0 Å². The van der Waals surface area contributed by atoms with Gasteiger partial charge in [0.05, 0.1) is 25.4 Å². The molecule has 0 fully saturated rings. The van der Waals surface area contributed by atoms with Gasteiger partial charge in [0.1, 0.15) is 0 Å². The fraction of sp³-hybridized carbons (Fsp3) is 0.896. The van der Waals surface area contributed by atoms with Crippen LogP contribution in [-0.2, 0) is 14.3 Å². The van der Waals surface area contributed by atoms with E-state index in [1.165, 1.54) is 347 Å². The molecule has 0 aromatic heterocycles. The fourth-order valence-corrected chi connectivity index (χ4v) is 11.9. The van der Waals surface area contributed by atoms with Crippen LogP contribution < -0.4 is 5.32 Å². The number of hydrogen-bond acceptors (Lipinski definition) is 5. The lowest BCUT2D eigenvalue weighted by Crippen LogP contribution is -2.45. The summed E-state index contributed by atoms with van der Waals surface area (Å²) in [6, 6.07) is -0.627. The number of aliphatic hydroxyl groups is 2. The Balaban J connectivity index is 3.38. The van der Waals surface area contributed by atoms with Crippen LogP contribution in [0, 0.1) is 0 Å². The summed E-state index contributed by atoms with van der Waals surface area (Å²) in [6.07, 6.45) is 93.9. The summed E-state index contributed by atoms with van der Waals surface area (Å²) >= 11 is 0. The van der Waals surface area contributed by atoms with Gasteiger partial charge in [-0.3, -0.25) is 9.59 Å². The van der Waals surface area contributed by atoms with E-state index in [1.807, 2.05) is 6.08 Å². The van der Waals surface area contributed by atoms with Gasteiger partial charge in [-0.15, -0.1) is 0 Å². The molecule has 6 nitrogen and oxygen atoms in total. The van der Waals surface area contributed by atoms with Gasteiger partial charge < -0.3 is 20.3 Å². The van der Waals surface area contributed by atoms with E-state index in [9.17, 15) is 19.8 Å². The Bertz CT molecular complexity index is 1340. The molecule has 0 aliphatic heterocycles. The third-order valence-corrected chi connectivity index (χ3v) is 17.6. The Kier molecular flexibility index (Phi) is 70.9. The van der Waals surface area contributed by atoms with Gasteiger partial charge in [0.2, 0.25) is 5.91 Å². The van der Waals surface area contributed by atoms with Crippen LogP contribution in [0.1, 0.15) is 418 Å². The Labute approximate surface area is 519 Å². The highest BCUT2D eigenvalue weighted by Gasteiger charge is 2.18. The van der Waals surface area contributed by atoms with E-state index in [2.05, 4.69) is 43.5 Å². The van der Waals surface area contributed by atoms with E-state index < -0.39 is 12.1 Å². The van der Waals surface area contributed by atoms with Gasteiger partial charge in [-0.2, -0.15) is 0 Å². The molecule has 3 N–H and O–H groups in total. The minimum atomic E-state index is -0.843. The zero-order chi connectivity index (χ0) is 59.9. The molecule has 0 aromatic carbocycles. The first kappa shape index (κ1) is 81.1. The van der Waals surface area contributed by atoms with Gasteiger partial charge in [-0.05, 0) is 83.5 Å². The number of aliphatic hydroxyl groups excluding tert-OH is 2. The molecule has 1 amide bonds. The standard InChI is InChI=1S/C77H147NO5/c1-3-5-7-9-11-13-15-17-18-19-20-34-37-40-43-46-49-53-57-61-65-69-75(80)74(73-79)78-76(81)70-66-62-58-54-50-47-44-41-38-35-32-30-28-26-24-22-21-23-25-27-29-31-33-36-39-42-45-48-52-56-60-64-68-72-83-77(82)71-67-63-59-55-51-16-14-12-10-8-6-4-2/h12,14,25,27,65,69,74-75,79-80H,3-11,13,15-24,26,28-64,66-68,70-73H2,1-2H3,(H,78,81)/b14-12-,27-25-,69-65+. The van der Waals surface area contributed by atoms with Crippen molar-refractivity contribution < 1.29 is 24.5 Å². The predicted molar refractivity (Wildman–Crippen MR) is 366 cm³/mol. The van der Waals surface area contributed by atoms with Gasteiger partial charge in [-0.1, -0.05) is 359 Å². The molecule has 490 valence electrons. The molecule has 0 saturated heterocycles. The van der Waals surface area contributed by atoms with Crippen molar-refractivity contribution >= 4 is 11.9 Å². The molecule has 2 atom stereocenters. The number of carbonyl (C=O) groups excluding carboxylic acids is 2. The minimum absolute atomic E-state index is 0.00874. The van der Waals surface area contributed by atoms with Crippen LogP contribution in [0.3, 0.4) is 0 Å². The molecule has 0 rings (SSSR count). The molecule has 2 unspecified atom stereocenters. The van der Waals surface area contributed by atoms with Crippen LogP contribution in [0.5, 0.6) is 0 Å². The van der Waals surface area contributed by atoms with E-state index in [1.54, 1.807) is 6.08 Å². The van der Waals surface area contributed by atoms with E-state index in [0.717, 1.165) is 44.9 Å². The first-order chi connectivity index (χ1) is 41.0. The number of allylic oxidation sites excluding steroid dienone is 5. The number of unbranched alkanes of at least 4 members (excludes halogenated alkanes) is 56. The van der Waals surface area contributed by atoms with Crippen molar-refractivity contribution in [2.45, 2.75) is 431 Å². The Morgan fingerprint density at radius 1 is 0.325 bits per heavy atom. The van der Waals surface area contributed by atoms with Gasteiger partial charge in [0, 0.05) is 12.8 Å². The van der Waals surface area contributed by atoms with Crippen LogP contribution in [0.4, 0.5) is 0 Å². The monoisotopic (exact) mass is 1170 g/mol. The summed E-state index contributed by atoms with van der Waals surface area (Å²) in [5.41, 5.74) is 0. The third kappa shape index (κ3) is 69.1. The SMILES string of the molecule is CCCCC/C=C\CCCCCCCC(=O)OCCCCCCCCCCCCCC/C=C\CCCCCCCCCCCCCCCCCCCC(=O)NC(CO)C(O)/C=C/CCCCCCCCCCCCCCCCCCCCC. The highest BCUT2D eigenvalue weighted by Crippen LogP contribution is 2.19. The molecule has 6 heteroatoms. The number of nitrogens with one attached hydrogen (secondary N) is 1. The summed E-state index contributed by atoms with van der Waals surface area (Å²) in [7, 11) is 0. The van der Waals surface area contributed by atoms with E-state index in [0.29, 0.717) is 19.4 Å². The van der Waals surface area contributed by atoms with Gasteiger partial charge >= 0.3 is 5.97 Å². The van der Waals surface area contributed by atoms with Crippen molar-refractivity contribution in [3.8, 4) is 0 Å². The van der Waals surface area contributed by atoms with E-state index in [4.69, 9.17) is 4.74 Å². The zero-order valence-corrected chi connectivity index (χ0v) is 56.2. The highest BCUT2D eigenvalue weighted by molar-refractivity contribution is 5.76. The highest BCUT2D eigenvalue weighted by atomic mass is 16.5. The molecular weight excluding hydrogens is 1020 g/mol. The van der Waals surface area contributed by atoms with Crippen molar-refractivity contribution in [1.29, 1.82) is 0 Å². The average Bonchev–Trinajstić information content (AvgIpc) is 3.49. The topological polar surface area (TPSA) is 95.9 Å². The molecule has 0 saturated carbocycles. The smallest absolute Gasteiger partial charge is 0.305 e. The average molecular weight is 1170 g/mol. The first-order valence-electron chi connectivity index (χ1n) is 37.8. The normalized spacial score (nSPS) is 12.7. The Morgan fingerprint density at radius 2 is 0.566 bits per heavy atom. The number of rotatable bonds is 71. The second-order valence-corrected chi connectivity index (χ2v) is 26.0. The summed E-state index contributed by atoms with van der Waals surface area (Å²) in [4.78, 5) is 24.6.